The normalized spacial score (nSPS) is 23.4. The van der Waals surface area contributed by atoms with E-state index < -0.39 is 0 Å². The second-order valence-electron chi connectivity index (χ2n) is 7.91. The number of benzene rings is 1. The van der Waals surface area contributed by atoms with Crippen LogP contribution in [0.15, 0.2) is 18.2 Å². The van der Waals surface area contributed by atoms with Gasteiger partial charge in [-0.25, -0.2) is 4.79 Å². The number of nitrogens with one attached hydrogen (secondary N) is 2. The van der Waals surface area contributed by atoms with Gasteiger partial charge in [-0.2, -0.15) is 0 Å². The number of esters is 1. The van der Waals surface area contributed by atoms with Crippen LogP contribution in [0, 0.1) is 0 Å². The first-order valence-corrected chi connectivity index (χ1v) is 10.1. The van der Waals surface area contributed by atoms with E-state index in [2.05, 4.69) is 10.6 Å². The van der Waals surface area contributed by atoms with Crippen molar-refractivity contribution in [2.24, 2.45) is 0 Å². The summed E-state index contributed by atoms with van der Waals surface area (Å²) in [6.07, 6.45) is 0.933. The molecule has 1 aromatic carbocycles. The van der Waals surface area contributed by atoms with Crippen molar-refractivity contribution in [2.45, 2.75) is 57.4 Å². The zero-order chi connectivity index (χ0) is 21.8. The highest BCUT2D eigenvalue weighted by molar-refractivity contribution is 5.99. The van der Waals surface area contributed by atoms with E-state index in [1.54, 1.807) is 30.1 Å². The van der Waals surface area contributed by atoms with Crippen LogP contribution in [0.25, 0.3) is 0 Å². The van der Waals surface area contributed by atoms with E-state index in [0.717, 1.165) is 0 Å². The minimum atomic E-state index is -0.342. The number of rotatable bonds is 4. The highest BCUT2D eigenvalue weighted by Gasteiger charge is 2.39. The van der Waals surface area contributed by atoms with Crippen LogP contribution >= 0.6 is 0 Å². The van der Waals surface area contributed by atoms with Gasteiger partial charge in [-0.3, -0.25) is 9.59 Å². The lowest BCUT2D eigenvalue weighted by Gasteiger charge is -2.42. The van der Waals surface area contributed by atoms with Crippen LogP contribution in [0.2, 0.25) is 0 Å². The molecule has 1 saturated heterocycles. The fourth-order valence-corrected chi connectivity index (χ4v) is 3.80. The van der Waals surface area contributed by atoms with Crippen molar-refractivity contribution >= 4 is 23.6 Å². The summed E-state index contributed by atoms with van der Waals surface area (Å²) < 4.78 is 16.7. The standard InChI is InChI=1S/C21H29N3O6/c1-12(2)22-21(27)23-13-5-8-17-15(9-13)20(26)24(3)16-7-6-14(10-19(25)28-4)30-18(16)11-29-17/h5,8-9,12,14,16,18H,6-7,10-11H2,1-4H3,(H2,22,23,27)/t14-,16+,18+/m1/s1. The van der Waals surface area contributed by atoms with Crippen LogP contribution in [-0.4, -0.2) is 67.9 Å². The molecule has 3 rings (SSSR count). The van der Waals surface area contributed by atoms with Crippen LogP contribution in [0.4, 0.5) is 10.5 Å². The second-order valence-corrected chi connectivity index (χ2v) is 7.91. The largest absolute Gasteiger partial charge is 0.490 e. The fourth-order valence-electron chi connectivity index (χ4n) is 3.80. The van der Waals surface area contributed by atoms with Crippen LogP contribution in [0.1, 0.15) is 43.5 Å². The number of urea groups is 1. The Morgan fingerprint density at radius 1 is 1.30 bits per heavy atom. The van der Waals surface area contributed by atoms with Gasteiger partial charge in [0, 0.05) is 18.8 Å². The first-order chi connectivity index (χ1) is 14.3. The number of carbonyl (C=O) groups excluding carboxylic acids is 3. The Hall–Kier alpha value is -2.81. The number of ether oxygens (including phenoxy) is 3. The van der Waals surface area contributed by atoms with Crippen molar-refractivity contribution < 1.29 is 28.6 Å². The lowest BCUT2D eigenvalue weighted by Crippen LogP contribution is -2.53. The van der Waals surface area contributed by atoms with Gasteiger partial charge in [-0.1, -0.05) is 0 Å². The summed E-state index contributed by atoms with van der Waals surface area (Å²) in [4.78, 5) is 38.4. The van der Waals surface area contributed by atoms with E-state index >= 15 is 0 Å². The highest BCUT2D eigenvalue weighted by Crippen LogP contribution is 2.32. The Bertz CT molecular complexity index is 812. The predicted molar refractivity (Wildman–Crippen MR) is 110 cm³/mol. The van der Waals surface area contributed by atoms with Gasteiger partial charge >= 0.3 is 12.0 Å². The molecule has 0 saturated carbocycles. The van der Waals surface area contributed by atoms with Gasteiger partial charge in [0.2, 0.25) is 0 Å². The SMILES string of the molecule is COC(=O)C[C@H]1CC[C@H]2[C@H](COc3ccc(NC(=O)NC(C)C)cc3C(=O)N2C)O1. The van der Waals surface area contributed by atoms with Crippen molar-refractivity contribution in [1.82, 2.24) is 10.2 Å². The van der Waals surface area contributed by atoms with Crippen molar-refractivity contribution in [1.29, 1.82) is 0 Å². The first kappa shape index (κ1) is 21.9. The summed E-state index contributed by atoms with van der Waals surface area (Å²) in [5.41, 5.74) is 0.891. The molecule has 0 aliphatic carbocycles. The van der Waals surface area contributed by atoms with E-state index in [9.17, 15) is 14.4 Å². The molecule has 164 valence electrons. The summed E-state index contributed by atoms with van der Waals surface area (Å²) in [7, 11) is 3.09. The third-order valence-corrected chi connectivity index (χ3v) is 5.31. The minimum absolute atomic E-state index is 0.00307. The molecule has 2 N–H and O–H groups in total. The molecule has 9 nitrogen and oxygen atoms in total. The quantitative estimate of drug-likeness (QED) is 0.725. The smallest absolute Gasteiger partial charge is 0.319 e. The lowest BCUT2D eigenvalue weighted by molar-refractivity contribution is -0.151. The van der Waals surface area contributed by atoms with Crippen LogP contribution in [0.5, 0.6) is 5.75 Å². The Labute approximate surface area is 176 Å². The molecular formula is C21H29N3O6. The first-order valence-electron chi connectivity index (χ1n) is 10.1. The number of nitrogens with zero attached hydrogens (tertiary/aromatic N) is 1. The van der Waals surface area contributed by atoms with Crippen molar-refractivity contribution in [3.8, 4) is 5.75 Å². The van der Waals surface area contributed by atoms with Gasteiger partial charge in [0.1, 0.15) is 18.5 Å². The van der Waals surface area contributed by atoms with Crippen LogP contribution in [-0.2, 0) is 14.3 Å². The van der Waals surface area contributed by atoms with Crippen molar-refractivity contribution in [2.75, 3.05) is 26.1 Å². The van der Waals surface area contributed by atoms with E-state index in [4.69, 9.17) is 14.2 Å². The Morgan fingerprint density at radius 2 is 2.07 bits per heavy atom. The topological polar surface area (TPSA) is 106 Å². The number of anilines is 1. The second kappa shape index (κ2) is 9.34. The molecule has 30 heavy (non-hydrogen) atoms. The molecule has 2 aliphatic heterocycles. The average Bonchev–Trinajstić information content (AvgIpc) is 2.70. The number of carbonyl (C=O) groups is 3. The molecule has 0 unspecified atom stereocenters. The van der Waals surface area contributed by atoms with Gasteiger partial charge in [-0.05, 0) is 44.9 Å². The average molecular weight is 419 g/mol. The van der Waals surface area contributed by atoms with Crippen LogP contribution < -0.4 is 15.4 Å². The van der Waals surface area contributed by atoms with Crippen LogP contribution in [0.3, 0.4) is 0 Å². The molecule has 1 aromatic rings. The van der Waals surface area contributed by atoms with E-state index in [1.807, 2.05) is 13.8 Å². The molecule has 2 aliphatic rings. The van der Waals surface area contributed by atoms with E-state index in [-0.39, 0.29) is 55.2 Å². The monoisotopic (exact) mass is 419 g/mol. The number of amides is 3. The third-order valence-electron chi connectivity index (χ3n) is 5.31. The van der Waals surface area contributed by atoms with Crippen molar-refractivity contribution in [3.05, 3.63) is 23.8 Å². The zero-order valence-corrected chi connectivity index (χ0v) is 17.8. The van der Waals surface area contributed by atoms with E-state index in [0.29, 0.717) is 29.8 Å². The van der Waals surface area contributed by atoms with Gasteiger partial charge in [0.05, 0.1) is 31.2 Å². The minimum Gasteiger partial charge on any atom is -0.490 e. The lowest BCUT2D eigenvalue weighted by atomic mass is 9.94. The molecule has 9 heteroatoms. The molecule has 0 aromatic heterocycles. The van der Waals surface area contributed by atoms with Gasteiger partial charge in [0.15, 0.2) is 0 Å². The van der Waals surface area contributed by atoms with E-state index in [1.165, 1.54) is 7.11 Å². The Morgan fingerprint density at radius 3 is 2.77 bits per heavy atom. The summed E-state index contributed by atoms with van der Waals surface area (Å²) in [6.45, 7) is 3.99. The Balaban J connectivity index is 1.76. The summed E-state index contributed by atoms with van der Waals surface area (Å²) >= 11 is 0. The third kappa shape index (κ3) is 5.02. The number of fused-ring (bicyclic) bond motifs is 2. The predicted octanol–water partition coefficient (Wildman–Crippen LogP) is 2.16. The molecule has 0 radical (unpaired) electrons. The summed E-state index contributed by atoms with van der Waals surface area (Å²) in [5, 5.41) is 5.48. The van der Waals surface area contributed by atoms with Gasteiger partial charge < -0.3 is 29.7 Å². The highest BCUT2D eigenvalue weighted by atomic mass is 16.5. The molecule has 3 amide bonds. The maximum Gasteiger partial charge on any atom is 0.319 e. The fraction of sp³-hybridized carbons (Fsp3) is 0.571. The maximum atomic E-state index is 13.2. The molecule has 3 atom stereocenters. The molecule has 0 bridgehead atoms. The maximum absolute atomic E-state index is 13.2. The van der Waals surface area contributed by atoms with Crippen molar-refractivity contribution in [3.63, 3.8) is 0 Å². The Kier molecular flexibility index (Phi) is 6.81. The van der Waals surface area contributed by atoms with Gasteiger partial charge in [-0.15, -0.1) is 0 Å². The summed E-state index contributed by atoms with van der Waals surface area (Å²) in [5.74, 6) is -0.0945. The molecule has 2 heterocycles. The molecule has 0 spiro atoms. The number of methoxy groups -OCH3 is 1. The number of likely N-dealkylation sites (N-methyl/N-ethyl adjacent to an activating group) is 1. The molecular weight excluding hydrogens is 390 g/mol. The number of hydrogen-bond acceptors (Lipinski definition) is 6. The molecule has 1 fully saturated rings. The summed E-state index contributed by atoms with van der Waals surface area (Å²) in [6, 6.07) is 4.47. The zero-order valence-electron chi connectivity index (χ0n) is 17.8. The number of hydrogen-bond donors (Lipinski definition) is 2. The van der Waals surface area contributed by atoms with Gasteiger partial charge in [0.25, 0.3) is 5.91 Å².